The van der Waals surface area contributed by atoms with E-state index in [9.17, 15) is 4.79 Å². The summed E-state index contributed by atoms with van der Waals surface area (Å²) in [5.41, 5.74) is 2.18. The van der Waals surface area contributed by atoms with E-state index >= 15 is 0 Å². The lowest BCUT2D eigenvalue weighted by Gasteiger charge is -2.14. The van der Waals surface area contributed by atoms with Crippen LogP contribution in [0.1, 0.15) is 15.2 Å². The fourth-order valence-electron chi connectivity index (χ4n) is 2.80. The standard InChI is InChI=1S/C20H22N4O3S/c1-12-17(13-8-9-15(26-4)16(11-13)27-5)22-20(28-12)23-19(25)14-7-6-10-21-18(14)24(2)3/h6-11H,1-5H3,(H,22,23,25). The summed E-state index contributed by atoms with van der Waals surface area (Å²) in [6.45, 7) is 1.97. The first-order chi connectivity index (χ1) is 13.4. The normalized spacial score (nSPS) is 10.5. The first-order valence-electron chi connectivity index (χ1n) is 8.58. The van der Waals surface area contributed by atoms with Crippen LogP contribution in [0.15, 0.2) is 36.5 Å². The van der Waals surface area contributed by atoms with Crippen LogP contribution in [0, 0.1) is 6.92 Å². The molecule has 0 aliphatic carbocycles. The van der Waals surface area contributed by atoms with E-state index in [1.165, 1.54) is 11.3 Å². The number of amides is 1. The van der Waals surface area contributed by atoms with Gasteiger partial charge in [-0.2, -0.15) is 0 Å². The first-order valence-corrected chi connectivity index (χ1v) is 9.39. The minimum atomic E-state index is -0.246. The molecule has 0 saturated heterocycles. The Bertz CT molecular complexity index is 1000. The third kappa shape index (κ3) is 3.91. The number of carbonyl (C=O) groups excluding carboxylic acids is 1. The Morgan fingerprint density at radius 3 is 2.57 bits per heavy atom. The number of rotatable bonds is 6. The summed E-state index contributed by atoms with van der Waals surface area (Å²) in [6.07, 6.45) is 1.66. The summed E-state index contributed by atoms with van der Waals surface area (Å²) in [5, 5.41) is 3.41. The molecule has 146 valence electrons. The number of anilines is 2. The van der Waals surface area contributed by atoms with Gasteiger partial charge in [0.2, 0.25) is 0 Å². The molecule has 1 aromatic carbocycles. The van der Waals surface area contributed by atoms with E-state index in [1.807, 2.05) is 39.2 Å². The highest BCUT2D eigenvalue weighted by Crippen LogP contribution is 2.36. The Labute approximate surface area is 168 Å². The molecular formula is C20H22N4O3S. The van der Waals surface area contributed by atoms with E-state index in [-0.39, 0.29) is 5.91 Å². The Morgan fingerprint density at radius 2 is 1.89 bits per heavy atom. The maximum absolute atomic E-state index is 12.7. The van der Waals surface area contributed by atoms with Crippen LogP contribution in [0.4, 0.5) is 10.9 Å². The number of pyridine rings is 1. The Morgan fingerprint density at radius 1 is 1.14 bits per heavy atom. The zero-order valence-corrected chi connectivity index (χ0v) is 17.3. The van der Waals surface area contributed by atoms with Gasteiger partial charge in [0, 0.05) is 30.7 Å². The molecule has 7 nitrogen and oxygen atoms in total. The number of nitrogens with one attached hydrogen (secondary N) is 1. The third-order valence-electron chi connectivity index (χ3n) is 4.13. The maximum Gasteiger partial charge on any atom is 0.261 e. The molecule has 28 heavy (non-hydrogen) atoms. The van der Waals surface area contributed by atoms with Crippen molar-refractivity contribution in [3.8, 4) is 22.8 Å². The molecule has 8 heteroatoms. The largest absolute Gasteiger partial charge is 0.493 e. The van der Waals surface area contributed by atoms with Crippen molar-refractivity contribution in [1.82, 2.24) is 9.97 Å². The van der Waals surface area contributed by atoms with Crippen molar-refractivity contribution in [2.75, 3.05) is 38.5 Å². The van der Waals surface area contributed by atoms with E-state index in [0.717, 1.165) is 16.1 Å². The highest BCUT2D eigenvalue weighted by molar-refractivity contribution is 7.16. The van der Waals surface area contributed by atoms with E-state index < -0.39 is 0 Å². The van der Waals surface area contributed by atoms with Crippen LogP contribution in [0.3, 0.4) is 0 Å². The van der Waals surface area contributed by atoms with Crippen LogP contribution in [-0.2, 0) is 0 Å². The Balaban J connectivity index is 1.88. The number of aromatic nitrogens is 2. The van der Waals surface area contributed by atoms with E-state index in [1.54, 1.807) is 37.4 Å². The molecule has 2 aromatic heterocycles. The second-order valence-corrected chi connectivity index (χ2v) is 7.42. The number of hydrogen-bond donors (Lipinski definition) is 1. The molecule has 0 atom stereocenters. The van der Waals surface area contributed by atoms with Gasteiger partial charge >= 0.3 is 0 Å². The SMILES string of the molecule is COc1ccc(-c2nc(NC(=O)c3cccnc3N(C)C)sc2C)cc1OC. The lowest BCUT2D eigenvalue weighted by molar-refractivity contribution is 0.102. The van der Waals surface area contributed by atoms with Crippen LogP contribution in [-0.4, -0.2) is 44.2 Å². The predicted molar refractivity (Wildman–Crippen MR) is 112 cm³/mol. The van der Waals surface area contributed by atoms with Gasteiger partial charge in [-0.15, -0.1) is 11.3 Å². The highest BCUT2D eigenvalue weighted by atomic mass is 32.1. The first kappa shape index (κ1) is 19.6. The fourth-order valence-corrected chi connectivity index (χ4v) is 3.63. The summed E-state index contributed by atoms with van der Waals surface area (Å²) in [7, 11) is 6.89. The molecule has 1 N–H and O–H groups in total. The van der Waals surface area contributed by atoms with E-state index in [2.05, 4.69) is 15.3 Å². The van der Waals surface area contributed by atoms with Gasteiger partial charge in [0.15, 0.2) is 16.6 Å². The lowest BCUT2D eigenvalue weighted by Crippen LogP contribution is -2.19. The molecule has 0 bridgehead atoms. The number of aryl methyl sites for hydroxylation is 1. The molecule has 0 aliphatic heterocycles. The van der Waals surface area contributed by atoms with Crippen molar-refractivity contribution in [3.63, 3.8) is 0 Å². The second-order valence-electron chi connectivity index (χ2n) is 6.22. The number of nitrogens with zero attached hydrogens (tertiary/aromatic N) is 3. The lowest BCUT2D eigenvalue weighted by atomic mass is 10.1. The molecule has 2 heterocycles. The highest BCUT2D eigenvalue weighted by Gasteiger charge is 2.18. The fraction of sp³-hybridized carbons (Fsp3) is 0.250. The van der Waals surface area contributed by atoms with Gasteiger partial charge < -0.3 is 14.4 Å². The average molecular weight is 398 g/mol. The molecule has 1 amide bonds. The average Bonchev–Trinajstić information content (AvgIpc) is 3.07. The van der Waals surface area contributed by atoms with Gasteiger partial charge in [-0.05, 0) is 37.3 Å². The van der Waals surface area contributed by atoms with Crippen LogP contribution in [0.25, 0.3) is 11.3 Å². The summed E-state index contributed by atoms with van der Waals surface area (Å²) in [5.74, 6) is 1.64. The molecule has 0 spiro atoms. The predicted octanol–water partition coefficient (Wildman–Crippen LogP) is 3.85. The van der Waals surface area contributed by atoms with Crippen molar-refractivity contribution < 1.29 is 14.3 Å². The molecule has 0 aliphatic rings. The monoisotopic (exact) mass is 398 g/mol. The molecule has 0 saturated carbocycles. The zero-order valence-electron chi connectivity index (χ0n) is 16.4. The molecule has 0 fully saturated rings. The van der Waals surface area contributed by atoms with Crippen LogP contribution in [0.2, 0.25) is 0 Å². The number of ether oxygens (including phenoxy) is 2. The van der Waals surface area contributed by atoms with Gasteiger partial charge in [-0.1, -0.05) is 0 Å². The van der Waals surface area contributed by atoms with Crippen LogP contribution in [0.5, 0.6) is 11.5 Å². The van der Waals surface area contributed by atoms with Crippen LogP contribution >= 0.6 is 11.3 Å². The molecule has 3 rings (SSSR count). The Kier molecular flexibility index (Phi) is 5.79. The van der Waals surface area contributed by atoms with Crippen molar-refractivity contribution >= 4 is 28.2 Å². The number of carbonyl (C=O) groups is 1. The molecule has 0 radical (unpaired) electrons. The van der Waals surface area contributed by atoms with Crippen molar-refractivity contribution in [2.45, 2.75) is 6.92 Å². The summed E-state index contributed by atoms with van der Waals surface area (Å²) >= 11 is 1.42. The summed E-state index contributed by atoms with van der Waals surface area (Å²) in [4.78, 5) is 24.4. The zero-order chi connectivity index (χ0) is 20.3. The molecule has 0 unspecified atom stereocenters. The quantitative estimate of drug-likeness (QED) is 0.680. The van der Waals surface area contributed by atoms with Gasteiger partial charge in [-0.3, -0.25) is 10.1 Å². The second kappa shape index (κ2) is 8.26. The topological polar surface area (TPSA) is 76.6 Å². The minimum Gasteiger partial charge on any atom is -0.493 e. The van der Waals surface area contributed by atoms with Gasteiger partial charge in [0.05, 0.1) is 25.5 Å². The van der Waals surface area contributed by atoms with Gasteiger partial charge in [-0.25, -0.2) is 9.97 Å². The van der Waals surface area contributed by atoms with Crippen LogP contribution < -0.4 is 19.7 Å². The molecular weight excluding hydrogens is 376 g/mol. The summed E-state index contributed by atoms with van der Waals surface area (Å²) in [6, 6.07) is 9.11. The van der Waals surface area contributed by atoms with Crippen molar-refractivity contribution in [1.29, 1.82) is 0 Å². The van der Waals surface area contributed by atoms with Crippen molar-refractivity contribution in [2.24, 2.45) is 0 Å². The van der Waals surface area contributed by atoms with E-state index in [0.29, 0.717) is 28.0 Å². The third-order valence-corrected chi connectivity index (χ3v) is 5.02. The maximum atomic E-state index is 12.7. The minimum absolute atomic E-state index is 0.246. The number of thiazole rings is 1. The van der Waals surface area contributed by atoms with Crippen molar-refractivity contribution in [3.05, 3.63) is 47.0 Å². The van der Waals surface area contributed by atoms with E-state index in [4.69, 9.17) is 9.47 Å². The Hall–Kier alpha value is -3.13. The number of benzene rings is 1. The number of methoxy groups -OCH3 is 2. The number of hydrogen-bond acceptors (Lipinski definition) is 7. The van der Waals surface area contributed by atoms with Gasteiger partial charge in [0.25, 0.3) is 5.91 Å². The summed E-state index contributed by atoms with van der Waals surface area (Å²) < 4.78 is 10.7. The smallest absolute Gasteiger partial charge is 0.261 e. The van der Waals surface area contributed by atoms with Gasteiger partial charge in [0.1, 0.15) is 5.82 Å². The molecule has 3 aromatic rings.